The van der Waals surface area contributed by atoms with Crippen molar-refractivity contribution < 1.29 is 9.90 Å². The Morgan fingerprint density at radius 2 is 2.00 bits per heavy atom. The van der Waals surface area contributed by atoms with Gasteiger partial charge in [0.1, 0.15) is 11.9 Å². The average molecular weight is 308 g/mol. The molecule has 0 bridgehead atoms. The van der Waals surface area contributed by atoms with Crippen LogP contribution in [-0.2, 0) is 0 Å². The van der Waals surface area contributed by atoms with Crippen LogP contribution in [0, 0.1) is 11.3 Å². The van der Waals surface area contributed by atoms with Crippen LogP contribution in [-0.4, -0.2) is 40.7 Å². The van der Waals surface area contributed by atoms with E-state index in [1.165, 1.54) is 4.90 Å². The first-order chi connectivity index (χ1) is 11.2. The molecule has 6 nitrogen and oxygen atoms in total. The summed E-state index contributed by atoms with van der Waals surface area (Å²) >= 11 is 0. The molecule has 0 radical (unpaired) electrons. The van der Waals surface area contributed by atoms with E-state index in [4.69, 9.17) is 5.26 Å². The van der Waals surface area contributed by atoms with E-state index in [1.54, 1.807) is 12.3 Å². The summed E-state index contributed by atoms with van der Waals surface area (Å²) in [5, 5.41) is 18.2. The Hall–Kier alpha value is -3.07. The van der Waals surface area contributed by atoms with Gasteiger partial charge in [-0.15, -0.1) is 0 Å². The lowest BCUT2D eigenvalue weighted by Gasteiger charge is -2.41. The number of nitriles is 1. The Morgan fingerprint density at radius 1 is 1.22 bits per heavy atom. The zero-order chi connectivity index (χ0) is 16.2. The van der Waals surface area contributed by atoms with Gasteiger partial charge >= 0.3 is 6.09 Å². The van der Waals surface area contributed by atoms with Gasteiger partial charge in [0.25, 0.3) is 0 Å². The predicted molar refractivity (Wildman–Crippen MR) is 85.1 cm³/mol. The molecule has 1 saturated heterocycles. The molecule has 2 heterocycles. The quantitative estimate of drug-likeness (QED) is 0.922. The van der Waals surface area contributed by atoms with Gasteiger partial charge in [-0.2, -0.15) is 5.26 Å². The van der Waals surface area contributed by atoms with E-state index in [2.05, 4.69) is 16.0 Å². The summed E-state index contributed by atoms with van der Waals surface area (Å²) in [6.45, 7) is 1.38. The number of hydrogen-bond donors (Lipinski definition) is 1. The van der Waals surface area contributed by atoms with E-state index >= 15 is 0 Å². The Balaban J connectivity index is 1.93. The zero-order valence-corrected chi connectivity index (χ0v) is 12.5. The molecule has 1 aromatic carbocycles. The number of carboxylic acid groups (broad SMARTS) is 1. The fourth-order valence-electron chi connectivity index (χ4n) is 2.81. The highest BCUT2D eigenvalue weighted by Crippen LogP contribution is 2.29. The van der Waals surface area contributed by atoms with E-state index in [-0.39, 0.29) is 6.04 Å². The maximum atomic E-state index is 11.3. The molecule has 0 saturated carbocycles. The average Bonchev–Trinajstić information content (AvgIpc) is 2.62. The molecule has 1 aliphatic rings. The third kappa shape index (κ3) is 3.09. The van der Waals surface area contributed by atoms with Crippen molar-refractivity contribution in [3.05, 3.63) is 59.8 Å². The Bertz CT molecular complexity index is 725. The van der Waals surface area contributed by atoms with E-state index < -0.39 is 6.09 Å². The van der Waals surface area contributed by atoms with Gasteiger partial charge in [0.2, 0.25) is 0 Å². The van der Waals surface area contributed by atoms with E-state index in [0.29, 0.717) is 25.2 Å². The highest BCUT2D eigenvalue weighted by Gasteiger charge is 2.31. The fourth-order valence-corrected chi connectivity index (χ4v) is 2.81. The number of nitrogens with zero attached hydrogens (tertiary/aromatic N) is 4. The van der Waals surface area contributed by atoms with Crippen molar-refractivity contribution in [3.63, 3.8) is 0 Å². The molecule has 1 atom stereocenters. The van der Waals surface area contributed by atoms with Crippen molar-refractivity contribution in [3.8, 4) is 6.07 Å². The number of aromatic nitrogens is 1. The lowest BCUT2D eigenvalue weighted by Crippen LogP contribution is -2.50. The predicted octanol–water partition coefficient (Wildman–Crippen LogP) is 2.49. The number of rotatable bonds is 2. The molecule has 3 rings (SSSR count). The molecule has 1 amide bonds. The molecule has 0 aliphatic carbocycles. The zero-order valence-electron chi connectivity index (χ0n) is 12.5. The molecule has 0 unspecified atom stereocenters. The van der Waals surface area contributed by atoms with Gasteiger partial charge in [-0.05, 0) is 17.7 Å². The second-order valence-corrected chi connectivity index (χ2v) is 5.37. The lowest BCUT2D eigenvalue weighted by molar-refractivity contribution is 0.134. The summed E-state index contributed by atoms with van der Waals surface area (Å²) in [6, 6.07) is 15.3. The first-order valence-electron chi connectivity index (χ1n) is 7.34. The number of amides is 1. The first-order valence-corrected chi connectivity index (χ1v) is 7.34. The first kappa shape index (κ1) is 14.9. The number of piperazine rings is 1. The van der Waals surface area contributed by atoms with E-state index in [9.17, 15) is 9.90 Å². The van der Waals surface area contributed by atoms with Crippen LogP contribution in [0.3, 0.4) is 0 Å². The van der Waals surface area contributed by atoms with Gasteiger partial charge in [0.15, 0.2) is 0 Å². The third-order valence-electron chi connectivity index (χ3n) is 4.01. The molecule has 116 valence electrons. The second kappa shape index (κ2) is 6.36. The Kier molecular flexibility index (Phi) is 4.11. The minimum Gasteiger partial charge on any atom is -0.465 e. The fraction of sp³-hybridized carbons (Fsp3) is 0.235. The van der Waals surface area contributed by atoms with Crippen LogP contribution in [0.1, 0.15) is 17.2 Å². The van der Waals surface area contributed by atoms with Crippen LogP contribution in [0.4, 0.5) is 10.6 Å². The molecule has 0 spiro atoms. The minimum atomic E-state index is -0.904. The highest BCUT2D eigenvalue weighted by molar-refractivity contribution is 5.66. The number of benzene rings is 1. The number of hydrogen-bond acceptors (Lipinski definition) is 4. The van der Waals surface area contributed by atoms with Crippen molar-refractivity contribution >= 4 is 11.9 Å². The molecule has 1 N–H and O–H groups in total. The normalized spacial score (nSPS) is 17.6. The summed E-state index contributed by atoms with van der Waals surface area (Å²) in [7, 11) is 0. The third-order valence-corrected chi connectivity index (χ3v) is 4.01. The summed E-state index contributed by atoms with van der Waals surface area (Å²) in [4.78, 5) is 19.2. The largest absolute Gasteiger partial charge is 0.465 e. The smallest absolute Gasteiger partial charge is 0.407 e. The second-order valence-electron chi connectivity index (χ2n) is 5.37. The van der Waals surface area contributed by atoms with Crippen molar-refractivity contribution in [2.45, 2.75) is 6.04 Å². The monoisotopic (exact) mass is 308 g/mol. The minimum absolute atomic E-state index is 0.0958. The van der Waals surface area contributed by atoms with E-state index in [0.717, 1.165) is 11.4 Å². The topological polar surface area (TPSA) is 80.5 Å². The molecular formula is C17H16N4O2. The molecule has 23 heavy (non-hydrogen) atoms. The number of anilines is 1. The summed E-state index contributed by atoms with van der Waals surface area (Å²) in [5.41, 5.74) is 1.55. The molecule has 1 aromatic heterocycles. The Morgan fingerprint density at radius 3 is 2.61 bits per heavy atom. The van der Waals surface area contributed by atoms with E-state index in [1.807, 2.05) is 36.4 Å². The van der Waals surface area contributed by atoms with Crippen molar-refractivity contribution in [2.24, 2.45) is 0 Å². The molecule has 6 heteroatoms. The van der Waals surface area contributed by atoms with Gasteiger partial charge in [-0.25, -0.2) is 9.78 Å². The number of carbonyl (C=O) groups is 1. The molecular weight excluding hydrogens is 292 g/mol. The van der Waals surface area contributed by atoms with Crippen LogP contribution in [0.25, 0.3) is 0 Å². The van der Waals surface area contributed by atoms with Crippen LogP contribution < -0.4 is 4.90 Å². The highest BCUT2D eigenvalue weighted by atomic mass is 16.4. The van der Waals surface area contributed by atoms with Crippen molar-refractivity contribution in [2.75, 3.05) is 24.5 Å². The maximum Gasteiger partial charge on any atom is 0.407 e. The van der Waals surface area contributed by atoms with Gasteiger partial charge < -0.3 is 14.9 Å². The van der Waals surface area contributed by atoms with Crippen molar-refractivity contribution in [1.82, 2.24) is 9.88 Å². The van der Waals surface area contributed by atoms with Gasteiger partial charge in [0, 0.05) is 25.8 Å². The lowest BCUT2D eigenvalue weighted by atomic mass is 10.0. The van der Waals surface area contributed by atoms with Crippen LogP contribution in [0.2, 0.25) is 0 Å². The van der Waals surface area contributed by atoms with Crippen LogP contribution in [0.5, 0.6) is 0 Å². The number of pyridine rings is 1. The van der Waals surface area contributed by atoms with Gasteiger partial charge in [-0.1, -0.05) is 30.3 Å². The van der Waals surface area contributed by atoms with Gasteiger partial charge in [0.05, 0.1) is 11.6 Å². The maximum absolute atomic E-state index is 11.3. The standard InChI is InChI=1S/C17H16N4O2/c18-10-13-6-7-16(19-11-13)21-9-8-20(17(22)23)12-15(21)14-4-2-1-3-5-14/h1-7,11,15H,8-9,12H2,(H,22,23)/t15-/m1/s1. The SMILES string of the molecule is N#Cc1ccc(N2CCN(C(=O)O)C[C@@H]2c2ccccc2)nc1. The van der Waals surface area contributed by atoms with Crippen molar-refractivity contribution in [1.29, 1.82) is 5.26 Å². The molecule has 1 fully saturated rings. The summed E-state index contributed by atoms with van der Waals surface area (Å²) in [6.07, 6.45) is 0.638. The molecule has 2 aromatic rings. The van der Waals surface area contributed by atoms with Crippen LogP contribution in [0.15, 0.2) is 48.7 Å². The Labute approximate surface area is 134 Å². The summed E-state index contributed by atoms with van der Waals surface area (Å²) in [5.74, 6) is 0.753. The molecule has 1 aliphatic heterocycles. The van der Waals surface area contributed by atoms with Crippen LogP contribution >= 0.6 is 0 Å². The summed E-state index contributed by atoms with van der Waals surface area (Å²) < 4.78 is 0. The van der Waals surface area contributed by atoms with Gasteiger partial charge in [-0.3, -0.25) is 0 Å².